The topological polar surface area (TPSA) is 78.3 Å². The molecule has 2 heterocycles. The second-order valence-electron chi connectivity index (χ2n) is 6.85. The Kier molecular flexibility index (Phi) is 6.34. The number of anilines is 4. The number of hydrogen-bond donors (Lipinski definition) is 2. The van der Waals surface area contributed by atoms with Crippen molar-refractivity contribution < 1.29 is 4.39 Å². The summed E-state index contributed by atoms with van der Waals surface area (Å²) in [6, 6.07) is 13.4. The molecule has 0 saturated carbocycles. The van der Waals surface area contributed by atoms with Crippen molar-refractivity contribution in [3.8, 4) is 0 Å². The van der Waals surface area contributed by atoms with E-state index < -0.39 is 0 Å². The molecule has 30 heavy (non-hydrogen) atoms. The summed E-state index contributed by atoms with van der Waals surface area (Å²) in [6.07, 6.45) is 5.01. The maximum atomic E-state index is 13.2. The summed E-state index contributed by atoms with van der Waals surface area (Å²) in [4.78, 5) is 15.6. The fourth-order valence-electron chi connectivity index (χ4n) is 3.11. The number of piperidine rings is 1. The number of hydrogen-bond acceptors (Lipinski definition) is 7. The third-order valence-corrected chi connectivity index (χ3v) is 4.98. The zero-order valence-electron chi connectivity index (χ0n) is 16.2. The second kappa shape index (κ2) is 9.49. The Balaban J connectivity index is 1.57. The molecule has 2 N–H and O–H groups in total. The number of halogens is 2. The molecule has 3 aromatic rings. The fraction of sp³-hybridized carbons (Fsp3) is 0.238. The van der Waals surface area contributed by atoms with Crippen molar-refractivity contribution >= 4 is 41.3 Å². The number of aromatic nitrogens is 3. The number of rotatable bonds is 6. The van der Waals surface area contributed by atoms with E-state index in [4.69, 9.17) is 11.6 Å². The van der Waals surface area contributed by atoms with Crippen molar-refractivity contribution in [2.45, 2.75) is 19.3 Å². The highest BCUT2D eigenvalue weighted by molar-refractivity contribution is 6.33. The summed E-state index contributed by atoms with van der Waals surface area (Å²) < 4.78 is 13.2. The quantitative estimate of drug-likeness (QED) is 0.434. The molecule has 2 aromatic carbocycles. The predicted molar refractivity (Wildman–Crippen MR) is 118 cm³/mol. The summed E-state index contributed by atoms with van der Waals surface area (Å²) in [5.41, 5.74) is 4.31. The normalized spacial score (nSPS) is 14.1. The van der Waals surface area contributed by atoms with Crippen LogP contribution in [0.1, 0.15) is 24.8 Å². The first-order chi connectivity index (χ1) is 14.7. The first kappa shape index (κ1) is 20.0. The van der Waals surface area contributed by atoms with Gasteiger partial charge in [-0.3, -0.25) is 0 Å². The highest BCUT2D eigenvalue weighted by atomic mass is 35.5. The molecular weight excluding hydrogens is 405 g/mol. The van der Waals surface area contributed by atoms with Crippen LogP contribution in [-0.2, 0) is 0 Å². The highest BCUT2D eigenvalue weighted by Crippen LogP contribution is 2.21. The SMILES string of the molecule is Fc1ccc(Nc2nc(N/N=C\c3ccccc3Cl)nc(N3CCCCC3)n2)cc1. The molecule has 1 aromatic heterocycles. The van der Waals surface area contributed by atoms with Crippen molar-refractivity contribution in [1.82, 2.24) is 15.0 Å². The van der Waals surface area contributed by atoms with E-state index in [1.165, 1.54) is 18.6 Å². The van der Waals surface area contributed by atoms with Gasteiger partial charge in [-0.2, -0.15) is 20.1 Å². The molecule has 154 valence electrons. The van der Waals surface area contributed by atoms with Gasteiger partial charge in [0.1, 0.15) is 5.82 Å². The lowest BCUT2D eigenvalue weighted by Crippen LogP contribution is -2.31. The van der Waals surface area contributed by atoms with Crippen molar-refractivity contribution in [3.63, 3.8) is 0 Å². The zero-order valence-corrected chi connectivity index (χ0v) is 17.0. The molecule has 0 amide bonds. The average molecular weight is 426 g/mol. The number of benzene rings is 2. The van der Waals surface area contributed by atoms with Gasteiger partial charge in [0.2, 0.25) is 17.8 Å². The van der Waals surface area contributed by atoms with Crippen molar-refractivity contribution in [2.24, 2.45) is 5.10 Å². The molecule has 1 aliphatic heterocycles. The zero-order chi connectivity index (χ0) is 20.8. The molecule has 1 fully saturated rings. The van der Waals surface area contributed by atoms with Gasteiger partial charge in [-0.25, -0.2) is 9.82 Å². The molecule has 7 nitrogen and oxygen atoms in total. The lowest BCUT2D eigenvalue weighted by atomic mass is 10.1. The standard InChI is InChI=1S/C21H21ClFN7/c22-18-7-3-2-6-15(18)14-24-29-20-26-19(25-17-10-8-16(23)9-11-17)27-21(28-20)30-12-4-1-5-13-30/h2-3,6-11,14H,1,4-5,12-13H2,(H2,25,26,27,28,29)/b24-14-. The largest absolute Gasteiger partial charge is 0.341 e. The van der Waals surface area contributed by atoms with Crippen LogP contribution in [0.15, 0.2) is 53.6 Å². The van der Waals surface area contributed by atoms with Gasteiger partial charge in [0.25, 0.3) is 0 Å². The van der Waals surface area contributed by atoms with Gasteiger partial charge in [0, 0.05) is 29.4 Å². The van der Waals surface area contributed by atoms with E-state index >= 15 is 0 Å². The molecular formula is C21H21ClFN7. The smallest absolute Gasteiger partial charge is 0.250 e. The number of nitrogens with one attached hydrogen (secondary N) is 2. The molecule has 0 unspecified atom stereocenters. The molecule has 9 heteroatoms. The molecule has 0 radical (unpaired) electrons. The summed E-state index contributed by atoms with van der Waals surface area (Å²) in [7, 11) is 0. The van der Waals surface area contributed by atoms with Gasteiger partial charge in [-0.05, 0) is 49.6 Å². The molecule has 0 aliphatic carbocycles. The maximum Gasteiger partial charge on any atom is 0.250 e. The van der Waals surface area contributed by atoms with E-state index in [0.717, 1.165) is 31.5 Å². The monoisotopic (exact) mass is 425 g/mol. The number of nitrogens with zero attached hydrogens (tertiary/aromatic N) is 5. The van der Waals surface area contributed by atoms with E-state index in [2.05, 4.69) is 35.7 Å². The Morgan fingerprint density at radius 2 is 1.67 bits per heavy atom. The van der Waals surface area contributed by atoms with E-state index in [1.807, 2.05) is 18.2 Å². The van der Waals surface area contributed by atoms with Crippen molar-refractivity contribution in [2.75, 3.05) is 28.7 Å². The van der Waals surface area contributed by atoms with Crippen LogP contribution in [0, 0.1) is 5.82 Å². The minimum Gasteiger partial charge on any atom is -0.341 e. The van der Waals surface area contributed by atoms with Crippen LogP contribution in [0.5, 0.6) is 0 Å². The maximum absolute atomic E-state index is 13.2. The minimum absolute atomic E-state index is 0.304. The molecule has 0 spiro atoms. The molecule has 1 saturated heterocycles. The first-order valence-electron chi connectivity index (χ1n) is 9.74. The summed E-state index contributed by atoms with van der Waals surface area (Å²) in [5.74, 6) is 0.928. The van der Waals surface area contributed by atoms with Crippen LogP contribution in [0.4, 0.5) is 27.9 Å². The highest BCUT2D eigenvalue weighted by Gasteiger charge is 2.16. The Morgan fingerprint density at radius 3 is 2.43 bits per heavy atom. The van der Waals surface area contributed by atoms with Crippen LogP contribution in [0.2, 0.25) is 5.02 Å². The molecule has 0 bridgehead atoms. The van der Waals surface area contributed by atoms with Crippen LogP contribution in [0.3, 0.4) is 0 Å². The minimum atomic E-state index is -0.304. The lowest BCUT2D eigenvalue weighted by molar-refractivity contribution is 0.568. The fourth-order valence-corrected chi connectivity index (χ4v) is 3.29. The van der Waals surface area contributed by atoms with Crippen LogP contribution in [-0.4, -0.2) is 34.3 Å². The van der Waals surface area contributed by atoms with Crippen LogP contribution in [0.25, 0.3) is 0 Å². The summed E-state index contributed by atoms with van der Waals surface area (Å²) in [5, 5.41) is 7.91. The van der Waals surface area contributed by atoms with Crippen LogP contribution < -0.4 is 15.6 Å². The van der Waals surface area contributed by atoms with Crippen molar-refractivity contribution in [3.05, 3.63) is 64.9 Å². The second-order valence-corrected chi connectivity index (χ2v) is 7.26. The van der Waals surface area contributed by atoms with Gasteiger partial charge in [-0.15, -0.1) is 0 Å². The number of hydrazone groups is 1. The van der Waals surface area contributed by atoms with Gasteiger partial charge < -0.3 is 10.2 Å². The molecule has 1 aliphatic rings. The summed E-state index contributed by atoms with van der Waals surface area (Å²) in [6.45, 7) is 1.78. The van der Waals surface area contributed by atoms with E-state index in [1.54, 1.807) is 24.4 Å². The first-order valence-corrected chi connectivity index (χ1v) is 10.1. The Morgan fingerprint density at radius 1 is 0.933 bits per heavy atom. The summed E-state index contributed by atoms with van der Waals surface area (Å²) >= 11 is 6.16. The Hall–Kier alpha value is -3.26. The molecule has 4 rings (SSSR count). The van der Waals surface area contributed by atoms with Gasteiger partial charge in [0.15, 0.2) is 0 Å². The predicted octanol–water partition coefficient (Wildman–Crippen LogP) is 4.84. The average Bonchev–Trinajstić information content (AvgIpc) is 2.77. The third kappa shape index (κ3) is 5.21. The van der Waals surface area contributed by atoms with E-state index in [0.29, 0.717) is 28.6 Å². The van der Waals surface area contributed by atoms with Crippen molar-refractivity contribution in [1.29, 1.82) is 0 Å². The van der Waals surface area contributed by atoms with E-state index in [-0.39, 0.29) is 5.82 Å². The Bertz CT molecular complexity index is 1020. The van der Waals surface area contributed by atoms with Gasteiger partial charge in [0.05, 0.1) is 6.21 Å². The third-order valence-electron chi connectivity index (χ3n) is 4.64. The lowest BCUT2D eigenvalue weighted by Gasteiger charge is -2.26. The van der Waals surface area contributed by atoms with Crippen LogP contribution >= 0.6 is 11.6 Å². The van der Waals surface area contributed by atoms with Gasteiger partial charge in [-0.1, -0.05) is 29.8 Å². The Labute approximate surface area is 179 Å². The van der Waals surface area contributed by atoms with E-state index in [9.17, 15) is 4.39 Å². The van der Waals surface area contributed by atoms with Gasteiger partial charge >= 0.3 is 0 Å². The molecule has 0 atom stereocenters.